The third kappa shape index (κ3) is 4.01. The minimum Gasteiger partial charge on any atom is -0.299 e. The van der Waals surface area contributed by atoms with Crippen LogP contribution in [0.3, 0.4) is 0 Å². The largest absolute Gasteiger partial charge is 0.299 e. The fourth-order valence-electron chi connectivity index (χ4n) is 2.48. The zero-order valence-electron chi connectivity index (χ0n) is 14.0. The fraction of sp³-hybridized carbons (Fsp3) is 0.150. The molecule has 0 saturated heterocycles. The van der Waals surface area contributed by atoms with Gasteiger partial charge in [-0.15, -0.1) is 0 Å². The lowest BCUT2D eigenvalue weighted by Gasteiger charge is -2.08. The van der Waals surface area contributed by atoms with Gasteiger partial charge in [0.25, 0.3) is 5.91 Å². The van der Waals surface area contributed by atoms with E-state index in [1.165, 1.54) is 0 Å². The lowest BCUT2D eigenvalue weighted by molar-refractivity contribution is -0.118. The summed E-state index contributed by atoms with van der Waals surface area (Å²) in [4.78, 5) is 28.6. The van der Waals surface area contributed by atoms with Crippen LogP contribution in [0.1, 0.15) is 29.4 Å². The van der Waals surface area contributed by atoms with Crippen molar-refractivity contribution in [1.29, 1.82) is 0 Å². The second kappa shape index (κ2) is 7.57. The monoisotopic (exact) mass is 333 g/mol. The number of carbonyl (C=O) groups is 2. The highest BCUT2D eigenvalue weighted by Crippen LogP contribution is 2.18. The van der Waals surface area contributed by atoms with Crippen LogP contribution < -0.4 is 5.32 Å². The molecule has 1 amide bonds. The second-order valence-electron chi connectivity index (χ2n) is 5.65. The molecule has 1 heterocycles. The van der Waals surface area contributed by atoms with Gasteiger partial charge in [0.15, 0.2) is 0 Å². The van der Waals surface area contributed by atoms with Crippen molar-refractivity contribution in [3.8, 4) is 5.69 Å². The van der Waals surface area contributed by atoms with Gasteiger partial charge in [0.1, 0.15) is 5.78 Å². The lowest BCUT2D eigenvalue weighted by atomic mass is 10.2. The number of carbonyl (C=O) groups excluding carboxylic acids is 2. The molecule has 0 aliphatic rings. The van der Waals surface area contributed by atoms with E-state index in [0.29, 0.717) is 23.6 Å². The Balaban J connectivity index is 1.93. The van der Waals surface area contributed by atoms with Crippen molar-refractivity contribution in [2.45, 2.75) is 19.8 Å². The van der Waals surface area contributed by atoms with Crippen LogP contribution in [0.25, 0.3) is 5.69 Å². The molecule has 0 radical (unpaired) electrons. The Morgan fingerprint density at radius 1 is 1.00 bits per heavy atom. The van der Waals surface area contributed by atoms with E-state index in [-0.39, 0.29) is 18.1 Å². The zero-order chi connectivity index (χ0) is 17.6. The third-order valence-corrected chi connectivity index (χ3v) is 3.82. The predicted molar refractivity (Wildman–Crippen MR) is 97.0 cm³/mol. The van der Waals surface area contributed by atoms with Crippen LogP contribution in [-0.2, 0) is 11.2 Å². The lowest BCUT2D eigenvalue weighted by Crippen LogP contribution is -2.15. The Kier molecular flexibility index (Phi) is 5.04. The van der Waals surface area contributed by atoms with Crippen molar-refractivity contribution in [2.24, 2.45) is 0 Å². The summed E-state index contributed by atoms with van der Waals surface area (Å²) in [5, 5.41) is 2.84. The smallest absolute Gasteiger partial charge is 0.257 e. The molecule has 0 fully saturated rings. The van der Waals surface area contributed by atoms with E-state index in [1.807, 2.05) is 55.5 Å². The van der Waals surface area contributed by atoms with E-state index in [1.54, 1.807) is 22.9 Å². The number of amides is 1. The number of anilines is 1. The number of aromatic nitrogens is 2. The first-order valence-corrected chi connectivity index (χ1v) is 8.19. The van der Waals surface area contributed by atoms with Crippen LogP contribution in [0.4, 0.5) is 5.95 Å². The first kappa shape index (κ1) is 16.6. The molecule has 3 rings (SSSR count). The topological polar surface area (TPSA) is 64.0 Å². The van der Waals surface area contributed by atoms with Crippen molar-refractivity contribution in [1.82, 2.24) is 9.55 Å². The molecule has 25 heavy (non-hydrogen) atoms. The molecule has 0 spiro atoms. The van der Waals surface area contributed by atoms with Gasteiger partial charge in [0.05, 0.1) is 12.1 Å². The normalized spacial score (nSPS) is 10.4. The van der Waals surface area contributed by atoms with Gasteiger partial charge < -0.3 is 0 Å². The standard InChI is InChI=1S/C20H19N3O2/c1-2-18(24)13-16-14-23(17-11-7-4-8-12-17)20(21-16)22-19(25)15-9-5-3-6-10-15/h3-12,14H,2,13H2,1H3,(H,21,22,25). The predicted octanol–water partition coefficient (Wildman–Crippen LogP) is 3.65. The number of para-hydroxylation sites is 1. The van der Waals surface area contributed by atoms with Crippen LogP contribution in [0.2, 0.25) is 0 Å². The molecule has 0 atom stereocenters. The highest BCUT2D eigenvalue weighted by Gasteiger charge is 2.15. The summed E-state index contributed by atoms with van der Waals surface area (Å²) in [6.07, 6.45) is 2.51. The summed E-state index contributed by atoms with van der Waals surface area (Å²) < 4.78 is 1.79. The maximum Gasteiger partial charge on any atom is 0.257 e. The first-order valence-electron chi connectivity index (χ1n) is 8.19. The molecule has 0 aliphatic carbocycles. The molecular weight excluding hydrogens is 314 g/mol. The number of Topliss-reactive ketones (excluding diaryl/α,β-unsaturated/α-hetero) is 1. The van der Waals surface area contributed by atoms with E-state index in [4.69, 9.17) is 0 Å². The Morgan fingerprint density at radius 2 is 1.64 bits per heavy atom. The van der Waals surface area contributed by atoms with E-state index < -0.39 is 0 Å². The molecular formula is C20H19N3O2. The quantitative estimate of drug-likeness (QED) is 0.749. The Bertz CT molecular complexity index is 870. The van der Waals surface area contributed by atoms with Crippen molar-refractivity contribution in [3.63, 3.8) is 0 Å². The van der Waals surface area contributed by atoms with Gasteiger partial charge in [-0.2, -0.15) is 0 Å². The van der Waals surface area contributed by atoms with Crippen molar-refractivity contribution < 1.29 is 9.59 Å². The molecule has 0 saturated carbocycles. The summed E-state index contributed by atoms with van der Waals surface area (Å²) in [5.41, 5.74) is 2.06. The summed E-state index contributed by atoms with van der Waals surface area (Å²) >= 11 is 0. The van der Waals surface area contributed by atoms with Gasteiger partial charge >= 0.3 is 0 Å². The number of nitrogens with zero attached hydrogens (tertiary/aromatic N) is 2. The fourth-order valence-corrected chi connectivity index (χ4v) is 2.48. The van der Waals surface area contributed by atoms with Crippen LogP contribution in [0.15, 0.2) is 66.9 Å². The summed E-state index contributed by atoms with van der Waals surface area (Å²) in [6.45, 7) is 1.83. The minimum atomic E-state index is -0.239. The summed E-state index contributed by atoms with van der Waals surface area (Å²) in [5.74, 6) is 0.273. The average molecular weight is 333 g/mol. The van der Waals surface area contributed by atoms with Crippen molar-refractivity contribution >= 4 is 17.6 Å². The molecule has 0 bridgehead atoms. The minimum absolute atomic E-state index is 0.110. The number of ketones is 1. The van der Waals surface area contributed by atoms with Gasteiger partial charge in [-0.3, -0.25) is 19.5 Å². The van der Waals surface area contributed by atoms with Gasteiger partial charge in [-0.25, -0.2) is 4.98 Å². The van der Waals surface area contributed by atoms with E-state index >= 15 is 0 Å². The van der Waals surface area contributed by atoms with Gasteiger partial charge in [0.2, 0.25) is 5.95 Å². The van der Waals surface area contributed by atoms with Crippen LogP contribution in [0.5, 0.6) is 0 Å². The Morgan fingerprint density at radius 3 is 2.28 bits per heavy atom. The number of rotatable bonds is 6. The molecule has 1 N–H and O–H groups in total. The van der Waals surface area contributed by atoms with Gasteiger partial charge in [-0.1, -0.05) is 43.3 Å². The molecule has 2 aromatic carbocycles. The van der Waals surface area contributed by atoms with Crippen molar-refractivity contribution in [3.05, 3.63) is 78.1 Å². The molecule has 126 valence electrons. The first-order chi connectivity index (χ1) is 12.2. The van der Waals surface area contributed by atoms with E-state index in [9.17, 15) is 9.59 Å². The highest BCUT2D eigenvalue weighted by molar-refractivity contribution is 6.03. The molecule has 3 aromatic rings. The van der Waals surface area contributed by atoms with Crippen LogP contribution in [-0.4, -0.2) is 21.2 Å². The molecule has 0 aliphatic heterocycles. The molecule has 1 aromatic heterocycles. The van der Waals surface area contributed by atoms with Gasteiger partial charge in [-0.05, 0) is 24.3 Å². The maximum atomic E-state index is 12.5. The number of hydrogen-bond acceptors (Lipinski definition) is 3. The SMILES string of the molecule is CCC(=O)Cc1cn(-c2ccccc2)c(NC(=O)c2ccccc2)n1. The summed E-state index contributed by atoms with van der Waals surface area (Å²) in [7, 11) is 0. The maximum absolute atomic E-state index is 12.5. The van der Waals surface area contributed by atoms with Crippen LogP contribution in [0, 0.1) is 0 Å². The third-order valence-electron chi connectivity index (χ3n) is 3.82. The van der Waals surface area contributed by atoms with E-state index in [0.717, 1.165) is 5.69 Å². The molecule has 0 unspecified atom stereocenters. The number of benzene rings is 2. The highest BCUT2D eigenvalue weighted by atomic mass is 16.1. The second-order valence-corrected chi connectivity index (χ2v) is 5.65. The Labute approximate surface area is 146 Å². The molecule has 5 nitrogen and oxygen atoms in total. The average Bonchev–Trinajstić information content (AvgIpc) is 3.05. The van der Waals surface area contributed by atoms with Gasteiger partial charge in [0, 0.05) is 23.9 Å². The van der Waals surface area contributed by atoms with E-state index in [2.05, 4.69) is 10.3 Å². The molecule has 5 heteroatoms. The Hall–Kier alpha value is -3.21. The summed E-state index contributed by atoms with van der Waals surface area (Å²) in [6, 6.07) is 18.5. The number of imidazole rings is 1. The number of nitrogens with one attached hydrogen (secondary N) is 1. The van der Waals surface area contributed by atoms with Crippen LogP contribution >= 0.6 is 0 Å². The van der Waals surface area contributed by atoms with Crippen molar-refractivity contribution in [2.75, 3.05) is 5.32 Å². The number of hydrogen-bond donors (Lipinski definition) is 1. The zero-order valence-corrected chi connectivity index (χ0v) is 14.0.